The third-order valence-corrected chi connectivity index (χ3v) is 2.27. The van der Waals surface area contributed by atoms with Crippen molar-refractivity contribution in [2.75, 3.05) is 26.3 Å². The van der Waals surface area contributed by atoms with Crippen LogP contribution in [0.1, 0.15) is 0 Å². The van der Waals surface area contributed by atoms with Gasteiger partial charge in [0, 0.05) is 13.1 Å². The molecule has 5 atom stereocenters. The second-order valence-electron chi connectivity index (χ2n) is 3.79. The molecule has 11 N–H and O–H groups in total. The van der Waals surface area contributed by atoms with Gasteiger partial charge in [-0.3, -0.25) is 0 Å². The first-order chi connectivity index (χ1) is 8.93. The molecule has 0 aromatic carbocycles. The van der Waals surface area contributed by atoms with Gasteiger partial charge in [-0.1, -0.05) is 0 Å². The zero-order chi connectivity index (χ0) is 15.4. The number of hydrogen-bond donors (Lipinski definition) is 10. The molecule has 10 heteroatoms. The van der Waals surface area contributed by atoms with E-state index in [1.807, 2.05) is 0 Å². The summed E-state index contributed by atoms with van der Waals surface area (Å²) in [5.41, 5.74) is 0. The highest BCUT2D eigenvalue weighted by atomic mass is 16.4. The fourth-order valence-electron chi connectivity index (χ4n) is 1.15. The van der Waals surface area contributed by atoms with Crippen molar-refractivity contribution >= 4 is 0 Å². The molecule has 0 bridgehead atoms. The van der Waals surface area contributed by atoms with Crippen molar-refractivity contribution in [1.82, 2.24) is 5.32 Å². The van der Waals surface area contributed by atoms with Crippen LogP contribution in [0.2, 0.25) is 0 Å². The Bertz CT molecular complexity index is 199. The minimum atomic E-state index is -1.67. The van der Waals surface area contributed by atoms with Gasteiger partial charge in [0.1, 0.15) is 18.3 Å². The summed E-state index contributed by atoms with van der Waals surface area (Å²) in [6, 6.07) is 0. The van der Waals surface area contributed by atoms with Crippen LogP contribution in [0.5, 0.6) is 0 Å². The Morgan fingerprint density at radius 2 is 1.21 bits per heavy atom. The maximum Gasteiger partial charge on any atom is 0.111 e. The molecule has 118 valence electrons. The van der Waals surface area contributed by atoms with Gasteiger partial charge in [0.2, 0.25) is 0 Å². The van der Waals surface area contributed by atoms with Gasteiger partial charge in [0.15, 0.2) is 0 Å². The molecular formula is C9H24N2O8. The zero-order valence-corrected chi connectivity index (χ0v) is 10.4. The van der Waals surface area contributed by atoms with Crippen molar-refractivity contribution < 1.29 is 41.0 Å². The van der Waals surface area contributed by atoms with Gasteiger partial charge in [-0.25, -0.2) is 5.90 Å². The molecule has 0 heterocycles. The fourth-order valence-corrected chi connectivity index (χ4v) is 1.15. The van der Waals surface area contributed by atoms with E-state index in [9.17, 15) is 15.3 Å². The second kappa shape index (κ2) is 12.6. The lowest BCUT2D eigenvalue weighted by Gasteiger charge is -2.26. The van der Waals surface area contributed by atoms with Gasteiger partial charge in [-0.2, -0.15) is 0 Å². The Kier molecular flexibility index (Phi) is 13.9. The van der Waals surface area contributed by atoms with Crippen molar-refractivity contribution in [3.63, 3.8) is 0 Å². The molecule has 0 aliphatic carbocycles. The van der Waals surface area contributed by atoms with Gasteiger partial charge >= 0.3 is 0 Å². The normalized spacial score (nSPS) is 18.8. The maximum absolute atomic E-state index is 9.41. The Morgan fingerprint density at radius 3 is 1.63 bits per heavy atom. The number of rotatable bonds is 9. The van der Waals surface area contributed by atoms with E-state index in [1.165, 1.54) is 0 Å². The van der Waals surface area contributed by atoms with E-state index in [2.05, 4.69) is 11.2 Å². The molecule has 0 radical (unpaired) electrons. The lowest BCUT2D eigenvalue weighted by atomic mass is 10.0. The summed E-state index contributed by atoms with van der Waals surface area (Å²) in [4.78, 5) is 0. The standard InChI is InChI=1S/C9H21NO7.H3NO/c11-3-5(13)1-10-2-6(14)8(16)9(17)7(15)4-12;1-2/h5-17H,1-4H2;2H,1H2/t5?,6-,7+,8+,9-;/m0./s1. The SMILES string of the molecule is NO.OCC(O)CNC[C@H](O)[C@@H](O)[C@@H](O)[C@H](O)CO. The average Bonchev–Trinajstić information content (AvgIpc) is 2.46. The summed E-state index contributed by atoms with van der Waals surface area (Å²) in [7, 11) is 0. The van der Waals surface area contributed by atoms with Crippen LogP contribution < -0.4 is 11.2 Å². The van der Waals surface area contributed by atoms with Gasteiger partial charge in [-0.15, -0.1) is 0 Å². The summed E-state index contributed by atoms with van der Waals surface area (Å²) < 4.78 is 0. The molecule has 0 saturated carbocycles. The second-order valence-corrected chi connectivity index (χ2v) is 3.79. The van der Waals surface area contributed by atoms with Gasteiger partial charge in [-0.05, 0) is 0 Å². The van der Waals surface area contributed by atoms with Crippen LogP contribution in [0.15, 0.2) is 0 Å². The van der Waals surface area contributed by atoms with Crippen LogP contribution in [-0.2, 0) is 0 Å². The number of aliphatic hydroxyl groups excluding tert-OH is 7. The first-order valence-electron chi connectivity index (χ1n) is 5.52. The molecule has 0 aromatic rings. The van der Waals surface area contributed by atoms with Crippen LogP contribution in [0.4, 0.5) is 0 Å². The van der Waals surface area contributed by atoms with Crippen LogP contribution in [-0.4, -0.2) is 97.8 Å². The van der Waals surface area contributed by atoms with Crippen molar-refractivity contribution in [2.24, 2.45) is 5.90 Å². The van der Waals surface area contributed by atoms with Crippen molar-refractivity contribution in [1.29, 1.82) is 0 Å². The van der Waals surface area contributed by atoms with E-state index in [1.54, 1.807) is 0 Å². The Hall–Kier alpha value is -0.400. The molecule has 10 nitrogen and oxygen atoms in total. The predicted molar refractivity (Wildman–Crippen MR) is 63.0 cm³/mol. The average molecular weight is 288 g/mol. The maximum atomic E-state index is 9.41. The lowest BCUT2D eigenvalue weighted by molar-refractivity contribution is -0.114. The molecule has 0 fully saturated rings. The van der Waals surface area contributed by atoms with Gasteiger partial charge in [0.25, 0.3) is 0 Å². The number of nitrogens with one attached hydrogen (secondary N) is 1. The zero-order valence-electron chi connectivity index (χ0n) is 10.4. The Balaban J connectivity index is 0. The summed E-state index contributed by atoms with van der Waals surface area (Å²) in [6.45, 7) is -1.30. The highest BCUT2D eigenvalue weighted by Crippen LogP contribution is 2.04. The molecule has 1 unspecified atom stereocenters. The molecular weight excluding hydrogens is 264 g/mol. The molecule has 0 saturated heterocycles. The first kappa shape index (κ1) is 20.9. The fraction of sp³-hybridized carbons (Fsp3) is 1.00. The molecule has 0 aliphatic heterocycles. The Morgan fingerprint density at radius 1 is 0.737 bits per heavy atom. The third-order valence-electron chi connectivity index (χ3n) is 2.27. The minimum absolute atomic E-state index is 0.0128. The smallest absolute Gasteiger partial charge is 0.111 e. The summed E-state index contributed by atoms with van der Waals surface area (Å²) in [5, 5.41) is 72.2. The number of hydrogen-bond acceptors (Lipinski definition) is 10. The van der Waals surface area contributed by atoms with E-state index >= 15 is 0 Å². The van der Waals surface area contributed by atoms with E-state index in [0.29, 0.717) is 0 Å². The van der Waals surface area contributed by atoms with Crippen LogP contribution in [0.25, 0.3) is 0 Å². The molecule has 0 aliphatic rings. The van der Waals surface area contributed by atoms with Crippen LogP contribution in [0, 0.1) is 0 Å². The topological polar surface area (TPSA) is 200 Å². The van der Waals surface area contributed by atoms with Crippen LogP contribution in [0.3, 0.4) is 0 Å². The summed E-state index contributed by atoms with van der Waals surface area (Å²) in [6.07, 6.45) is -7.19. The van der Waals surface area contributed by atoms with Crippen LogP contribution >= 0.6 is 0 Å². The monoisotopic (exact) mass is 288 g/mol. The first-order valence-corrected chi connectivity index (χ1v) is 5.52. The number of nitrogens with two attached hydrogens (primary N) is 1. The van der Waals surface area contributed by atoms with Gasteiger partial charge < -0.3 is 46.3 Å². The van der Waals surface area contributed by atoms with Gasteiger partial charge in [0.05, 0.1) is 25.4 Å². The highest BCUT2D eigenvalue weighted by Gasteiger charge is 2.29. The number of aliphatic hydroxyl groups is 7. The van der Waals surface area contributed by atoms with Crippen molar-refractivity contribution in [2.45, 2.75) is 30.5 Å². The van der Waals surface area contributed by atoms with E-state index in [4.69, 9.17) is 25.6 Å². The third kappa shape index (κ3) is 9.18. The molecule has 0 rings (SSSR count). The predicted octanol–water partition coefficient (Wildman–Crippen LogP) is -5.30. The Labute approximate surface area is 110 Å². The van der Waals surface area contributed by atoms with Crippen molar-refractivity contribution in [3.8, 4) is 0 Å². The lowest BCUT2D eigenvalue weighted by Crippen LogP contribution is -2.49. The summed E-state index contributed by atoms with van der Waals surface area (Å²) in [5.74, 6) is 3.50. The highest BCUT2D eigenvalue weighted by molar-refractivity contribution is 4.81. The van der Waals surface area contributed by atoms with Crippen molar-refractivity contribution in [3.05, 3.63) is 0 Å². The molecule has 0 spiro atoms. The summed E-state index contributed by atoms with van der Waals surface area (Å²) >= 11 is 0. The molecule has 0 amide bonds. The largest absolute Gasteiger partial charge is 0.394 e. The van der Waals surface area contributed by atoms with E-state index < -0.39 is 43.7 Å². The van der Waals surface area contributed by atoms with E-state index in [0.717, 1.165) is 0 Å². The molecule has 19 heavy (non-hydrogen) atoms. The quantitative estimate of drug-likeness (QED) is 0.183. The molecule has 0 aromatic heterocycles. The van der Waals surface area contributed by atoms with E-state index in [-0.39, 0.29) is 13.1 Å². The minimum Gasteiger partial charge on any atom is -0.394 e.